The average molecular weight is 354 g/mol. The van der Waals surface area contributed by atoms with Crippen molar-refractivity contribution in [3.8, 4) is 0 Å². The lowest BCUT2D eigenvalue weighted by molar-refractivity contribution is 0.238. The van der Waals surface area contributed by atoms with Crippen molar-refractivity contribution in [2.45, 2.75) is 58.0 Å². The molecule has 4 rings (SSSR count). The molecule has 2 aromatic rings. The SMILES string of the molecule is CC1CCC(c2nc3c(c(=O)[nH]2)CCN(Cc2cnc(N)nc2)C3)CC1. The Morgan fingerprint density at radius 2 is 1.96 bits per heavy atom. The summed E-state index contributed by atoms with van der Waals surface area (Å²) >= 11 is 0. The third kappa shape index (κ3) is 3.62. The fraction of sp³-hybridized carbons (Fsp3) is 0.579. The molecular formula is C19H26N6O. The number of hydrogen-bond donors (Lipinski definition) is 2. The fourth-order valence-electron chi connectivity index (χ4n) is 4.08. The second kappa shape index (κ2) is 7.15. The summed E-state index contributed by atoms with van der Waals surface area (Å²) in [6.07, 6.45) is 8.93. The van der Waals surface area contributed by atoms with Gasteiger partial charge in [-0.2, -0.15) is 0 Å². The minimum Gasteiger partial charge on any atom is -0.368 e. The van der Waals surface area contributed by atoms with Crippen LogP contribution in [0.15, 0.2) is 17.2 Å². The van der Waals surface area contributed by atoms with E-state index in [2.05, 4.69) is 26.8 Å². The first kappa shape index (κ1) is 17.1. The standard InChI is InChI=1S/C19H26N6O/c1-12-2-4-14(5-3-12)17-23-16-11-25(7-6-15(16)18(26)24-17)10-13-8-21-19(20)22-9-13/h8-9,12,14H,2-7,10-11H2,1H3,(H2,20,21,22)(H,23,24,26). The van der Waals surface area contributed by atoms with E-state index in [1.165, 1.54) is 12.8 Å². The number of aromatic nitrogens is 4. The molecule has 2 aromatic heterocycles. The molecule has 3 heterocycles. The molecular weight excluding hydrogens is 328 g/mol. The van der Waals surface area contributed by atoms with E-state index in [0.29, 0.717) is 12.5 Å². The summed E-state index contributed by atoms with van der Waals surface area (Å²) in [5.74, 6) is 2.36. The molecule has 0 bridgehead atoms. The Labute approximate surface area is 153 Å². The van der Waals surface area contributed by atoms with Crippen molar-refractivity contribution in [3.05, 3.63) is 45.4 Å². The van der Waals surface area contributed by atoms with Gasteiger partial charge in [-0.25, -0.2) is 15.0 Å². The molecule has 7 nitrogen and oxygen atoms in total. The minimum atomic E-state index is 0.0547. The molecule has 26 heavy (non-hydrogen) atoms. The zero-order valence-electron chi connectivity index (χ0n) is 15.2. The maximum Gasteiger partial charge on any atom is 0.254 e. The van der Waals surface area contributed by atoms with E-state index in [1.807, 2.05) is 0 Å². The highest BCUT2D eigenvalue weighted by molar-refractivity contribution is 5.23. The van der Waals surface area contributed by atoms with E-state index in [9.17, 15) is 4.79 Å². The van der Waals surface area contributed by atoms with Crippen LogP contribution in [-0.2, 0) is 19.5 Å². The van der Waals surface area contributed by atoms with Crippen LogP contribution >= 0.6 is 0 Å². The lowest BCUT2D eigenvalue weighted by atomic mass is 9.82. The van der Waals surface area contributed by atoms with E-state index < -0.39 is 0 Å². The largest absolute Gasteiger partial charge is 0.368 e. The molecule has 1 aliphatic heterocycles. The van der Waals surface area contributed by atoms with Gasteiger partial charge in [0.05, 0.1) is 5.69 Å². The van der Waals surface area contributed by atoms with Crippen LogP contribution in [0.1, 0.15) is 61.2 Å². The van der Waals surface area contributed by atoms with Crippen LogP contribution in [0.4, 0.5) is 5.95 Å². The third-order valence-electron chi connectivity index (χ3n) is 5.70. The molecule has 138 valence electrons. The van der Waals surface area contributed by atoms with Crippen molar-refractivity contribution < 1.29 is 0 Å². The summed E-state index contributed by atoms with van der Waals surface area (Å²) in [6, 6.07) is 0. The Morgan fingerprint density at radius 3 is 2.69 bits per heavy atom. The molecule has 3 N–H and O–H groups in total. The Balaban J connectivity index is 1.52. The van der Waals surface area contributed by atoms with E-state index >= 15 is 0 Å². The van der Waals surface area contributed by atoms with Gasteiger partial charge < -0.3 is 10.7 Å². The second-order valence-electron chi connectivity index (χ2n) is 7.74. The first-order valence-electron chi connectivity index (χ1n) is 9.49. The van der Waals surface area contributed by atoms with Gasteiger partial charge in [0, 0.05) is 49.1 Å². The zero-order valence-corrected chi connectivity index (χ0v) is 15.2. The number of rotatable bonds is 3. The summed E-state index contributed by atoms with van der Waals surface area (Å²) < 4.78 is 0. The molecule has 0 radical (unpaired) electrons. The van der Waals surface area contributed by atoms with Crippen LogP contribution < -0.4 is 11.3 Å². The maximum absolute atomic E-state index is 12.5. The molecule has 1 aliphatic carbocycles. The molecule has 0 spiro atoms. The quantitative estimate of drug-likeness (QED) is 0.874. The van der Waals surface area contributed by atoms with Crippen molar-refractivity contribution >= 4 is 5.95 Å². The summed E-state index contributed by atoms with van der Waals surface area (Å²) in [4.78, 5) is 30.9. The molecule has 1 saturated carbocycles. The van der Waals surface area contributed by atoms with Crippen molar-refractivity contribution in [2.24, 2.45) is 5.92 Å². The van der Waals surface area contributed by atoms with Gasteiger partial charge in [0.1, 0.15) is 5.82 Å². The Morgan fingerprint density at radius 1 is 1.23 bits per heavy atom. The van der Waals surface area contributed by atoms with Gasteiger partial charge in [0.2, 0.25) is 5.95 Å². The molecule has 0 atom stereocenters. The van der Waals surface area contributed by atoms with Gasteiger partial charge in [-0.15, -0.1) is 0 Å². The number of anilines is 1. The van der Waals surface area contributed by atoms with Gasteiger partial charge in [-0.3, -0.25) is 9.69 Å². The van der Waals surface area contributed by atoms with Crippen LogP contribution in [0.5, 0.6) is 0 Å². The van der Waals surface area contributed by atoms with E-state index in [0.717, 1.165) is 60.9 Å². The number of H-pyrrole nitrogens is 1. The van der Waals surface area contributed by atoms with Crippen LogP contribution in [0.2, 0.25) is 0 Å². The van der Waals surface area contributed by atoms with Gasteiger partial charge in [-0.1, -0.05) is 19.8 Å². The Bertz CT molecular complexity index is 823. The Hall–Kier alpha value is -2.28. The number of aromatic amines is 1. The predicted octanol–water partition coefficient (Wildman–Crippen LogP) is 1.99. The topological polar surface area (TPSA) is 101 Å². The normalized spacial score (nSPS) is 23.6. The van der Waals surface area contributed by atoms with Crippen LogP contribution in [0.3, 0.4) is 0 Å². The number of nitrogens with one attached hydrogen (secondary N) is 1. The maximum atomic E-state index is 12.5. The number of nitrogen functional groups attached to an aromatic ring is 1. The summed E-state index contributed by atoms with van der Waals surface area (Å²) in [5.41, 5.74) is 8.41. The van der Waals surface area contributed by atoms with E-state index in [1.54, 1.807) is 12.4 Å². The highest BCUT2D eigenvalue weighted by Gasteiger charge is 2.26. The number of fused-ring (bicyclic) bond motifs is 1. The molecule has 0 saturated heterocycles. The van der Waals surface area contributed by atoms with Crippen molar-refractivity contribution in [1.29, 1.82) is 0 Å². The molecule has 0 amide bonds. The number of hydrogen-bond acceptors (Lipinski definition) is 6. The highest BCUT2D eigenvalue weighted by atomic mass is 16.1. The first-order valence-corrected chi connectivity index (χ1v) is 9.49. The lowest BCUT2D eigenvalue weighted by Gasteiger charge is -2.29. The summed E-state index contributed by atoms with van der Waals surface area (Å²) in [5, 5.41) is 0. The van der Waals surface area contributed by atoms with Crippen molar-refractivity contribution in [3.63, 3.8) is 0 Å². The smallest absolute Gasteiger partial charge is 0.254 e. The molecule has 0 aromatic carbocycles. The van der Waals surface area contributed by atoms with Crippen LogP contribution in [0.25, 0.3) is 0 Å². The van der Waals surface area contributed by atoms with E-state index in [4.69, 9.17) is 10.7 Å². The zero-order chi connectivity index (χ0) is 18.1. The predicted molar refractivity (Wildman–Crippen MR) is 99.5 cm³/mol. The summed E-state index contributed by atoms with van der Waals surface area (Å²) in [6.45, 7) is 4.57. The lowest BCUT2D eigenvalue weighted by Crippen LogP contribution is -2.36. The Kier molecular flexibility index (Phi) is 4.72. The molecule has 0 unspecified atom stereocenters. The number of nitrogens with zero attached hydrogens (tertiary/aromatic N) is 4. The van der Waals surface area contributed by atoms with Crippen LogP contribution in [-0.4, -0.2) is 31.4 Å². The highest BCUT2D eigenvalue weighted by Crippen LogP contribution is 2.34. The molecule has 2 aliphatic rings. The first-order chi connectivity index (χ1) is 12.6. The van der Waals surface area contributed by atoms with E-state index in [-0.39, 0.29) is 11.5 Å². The molecule has 7 heteroatoms. The second-order valence-corrected chi connectivity index (χ2v) is 7.74. The third-order valence-corrected chi connectivity index (χ3v) is 5.70. The fourth-order valence-corrected chi connectivity index (χ4v) is 4.08. The van der Waals surface area contributed by atoms with Crippen molar-refractivity contribution in [1.82, 2.24) is 24.8 Å². The van der Waals surface area contributed by atoms with Gasteiger partial charge >= 0.3 is 0 Å². The van der Waals surface area contributed by atoms with Crippen LogP contribution in [0, 0.1) is 5.92 Å². The number of nitrogens with two attached hydrogens (primary N) is 1. The van der Waals surface area contributed by atoms with Gasteiger partial charge in [0.25, 0.3) is 5.56 Å². The minimum absolute atomic E-state index is 0.0547. The van der Waals surface area contributed by atoms with Crippen molar-refractivity contribution in [2.75, 3.05) is 12.3 Å². The molecule has 1 fully saturated rings. The van der Waals surface area contributed by atoms with Gasteiger partial charge in [-0.05, 0) is 25.2 Å². The summed E-state index contributed by atoms with van der Waals surface area (Å²) in [7, 11) is 0. The average Bonchev–Trinajstić information content (AvgIpc) is 2.64. The van der Waals surface area contributed by atoms with Gasteiger partial charge in [0.15, 0.2) is 0 Å². The monoisotopic (exact) mass is 354 g/mol.